The molecule has 1 saturated heterocycles. The Morgan fingerprint density at radius 1 is 1.13 bits per heavy atom. The van der Waals surface area contributed by atoms with Gasteiger partial charge >= 0.3 is 12.4 Å². The molecule has 12 heteroatoms. The Kier molecular flexibility index (Phi) is 4.46. The van der Waals surface area contributed by atoms with E-state index in [9.17, 15) is 31.1 Å². The molecule has 160 valence electrons. The first-order valence-corrected chi connectivity index (χ1v) is 8.82. The van der Waals surface area contributed by atoms with Crippen LogP contribution in [0.15, 0.2) is 30.6 Å². The van der Waals surface area contributed by atoms with Crippen LogP contribution in [0, 0.1) is 5.92 Å². The Hall–Kier alpha value is -2.89. The van der Waals surface area contributed by atoms with Crippen LogP contribution >= 0.6 is 0 Å². The minimum Gasteiger partial charge on any atom is -0.337 e. The summed E-state index contributed by atoms with van der Waals surface area (Å²) in [5.41, 5.74) is 2.35. The predicted octanol–water partition coefficient (Wildman–Crippen LogP) is 3.01. The van der Waals surface area contributed by atoms with E-state index < -0.39 is 29.0 Å². The van der Waals surface area contributed by atoms with Gasteiger partial charge in [-0.15, -0.1) is 5.10 Å². The molecule has 1 amide bonds. The second-order valence-corrected chi connectivity index (χ2v) is 7.51. The molecule has 1 saturated carbocycles. The highest BCUT2D eigenvalue weighted by Crippen LogP contribution is 2.47. The maximum atomic E-state index is 13.0. The first kappa shape index (κ1) is 20.4. The Balaban J connectivity index is 1.55. The molecule has 2 atom stereocenters. The van der Waals surface area contributed by atoms with Crippen LogP contribution in [0.25, 0.3) is 17.6 Å². The summed E-state index contributed by atoms with van der Waals surface area (Å²) in [5, 5.41) is 3.85. The van der Waals surface area contributed by atoms with Gasteiger partial charge in [0.15, 0.2) is 5.82 Å². The maximum absolute atomic E-state index is 13.0. The Morgan fingerprint density at radius 2 is 1.77 bits per heavy atom. The first-order valence-electron chi connectivity index (χ1n) is 8.82. The lowest BCUT2D eigenvalue weighted by atomic mass is 10.0. The predicted molar refractivity (Wildman–Crippen MR) is 92.4 cm³/mol. The summed E-state index contributed by atoms with van der Waals surface area (Å²) in [6.07, 6.45) is -5.56. The number of hydrogen-bond donors (Lipinski definition) is 1. The second kappa shape index (κ2) is 6.56. The number of fused-ring (bicyclic) bond motifs is 1. The number of nitrogens with zero attached hydrogens (tertiary/aromatic N) is 4. The SMILES string of the molecule is NC12CC1CN(C(=O)/C=C\n1cnc(-c3cc(C(F)(F)F)cc(C(F)(F)F)c3)n1)C2. The minimum absolute atomic E-state index is 0.0316. The average Bonchev–Trinajstić information content (AvgIpc) is 2.99. The molecule has 1 aromatic carbocycles. The largest absolute Gasteiger partial charge is 0.416 e. The molecule has 2 unspecified atom stereocenters. The molecule has 2 aliphatic rings. The van der Waals surface area contributed by atoms with Crippen molar-refractivity contribution in [3.63, 3.8) is 0 Å². The summed E-state index contributed by atoms with van der Waals surface area (Å²) in [4.78, 5) is 17.5. The number of aromatic nitrogens is 3. The summed E-state index contributed by atoms with van der Waals surface area (Å²) in [6.45, 7) is 0.987. The van der Waals surface area contributed by atoms with Gasteiger partial charge in [-0.1, -0.05) is 0 Å². The average molecular weight is 431 g/mol. The van der Waals surface area contributed by atoms with Crippen molar-refractivity contribution >= 4 is 12.1 Å². The van der Waals surface area contributed by atoms with E-state index in [0.717, 1.165) is 17.4 Å². The molecule has 4 rings (SSSR count). The molecule has 2 heterocycles. The summed E-state index contributed by atoms with van der Waals surface area (Å²) in [5.74, 6) is -0.369. The van der Waals surface area contributed by atoms with Crippen LogP contribution in [0.1, 0.15) is 17.5 Å². The van der Waals surface area contributed by atoms with E-state index in [0.29, 0.717) is 25.2 Å². The number of alkyl halides is 6. The maximum Gasteiger partial charge on any atom is 0.416 e. The third kappa shape index (κ3) is 3.91. The van der Waals surface area contributed by atoms with Gasteiger partial charge in [-0.2, -0.15) is 26.3 Å². The summed E-state index contributed by atoms with van der Waals surface area (Å²) in [7, 11) is 0. The molecule has 30 heavy (non-hydrogen) atoms. The number of carbonyl (C=O) groups is 1. The lowest BCUT2D eigenvalue weighted by molar-refractivity contribution is -0.143. The molecular formula is C18H15F6N5O. The Bertz CT molecular complexity index is 995. The molecule has 2 aromatic rings. The number of piperidine rings is 1. The number of nitrogens with two attached hydrogens (primary N) is 1. The highest BCUT2D eigenvalue weighted by atomic mass is 19.4. The fourth-order valence-electron chi connectivity index (χ4n) is 3.50. The van der Waals surface area contributed by atoms with Gasteiger partial charge in [0.25, 0.3) is 0 Å². The van der Waals surface area contributed by atoms with Crippen molar-refractivity contribution in [2.24, 2.45) is 11.7 Å². The highest BCUT2D eigenvalue weighted by Gasteiger charge is 2.57. The Labute approximate surface area is 166 Å². The van der Waals surface area contributed by atoms with E-state index in [2.05, 4.69) is 10.1 Å². The third-order valence-corrected chi connectivity index (χ3v) is 5.24. The normalized spacial score (nSPS) is 23.8. The standard InChI is InChI=1S/C18H15F6N5O/c19-17(20,21)11-3-10(4-12(5-11)18(22,23)24)15-26-9-29(27-15)2-1-14(30)28-7-13-6-16(13,25)8-28/h1-5,9,13H,6-8,25H2/b2-1-. The van der Waals surface area contributed by atoms with Crippen molar-refractivity contribution in [3.8, 4) is 11.4 Å². The molecule has 1 aromatic heterocycles. The quantitative estimate of drug-likeness (QED) is 0.599. The summed E-state index contributed by atoms with van der Waals surface area (Å²) >= 11 is 0. The number of benzene rings is 1. The Morgan fingerprint density at radius 3 is 2.30 bits per heavy atom. The summed E-state index contributed by atoms with van der Waals surface area (Å²) in [6, 6.07) is 1.12. The zero-order chi connectivity index (χ0) is 21.9. The van der Waals surface area contributed by atoms with E-state index >= 15 is 0 Å². The van der Waals surface area contributed by atoms with E-state index in [-0.39, 0.29) is 29.3 Å². The van der Waals surface area contributed by atoms with Crippen LogP contribution in [-0.4, -0.2) is 44.2 Å². The number of amides is 1. The summed E-state index contributed by atoms with van der Waals surface area (Å²) < 4.78 is 79.0. The molecule has 2 fully saturated rings. The van der Waals surface area contributed by atoms with Gasteiger partial charge in [0.05, 0.1) is 11.1 Å². The second-order valence-electron chi connectivity index (χ2n) is 7.51. The number of rotatable bonds is 3. The van der Waals surface area contributed by atoms with Crippen LogP contribution in [0.5, 0.6) is 0 Å². The molecule has 1 aliphatic carbocycles. The van der Waals surface area contributed by atoms with Crippen molar-refractivity contribution < 1.29 is 31.1 Å². The van der Waals surface area contributed by atoms with E-state index in [1.807, 2.05) is 0 Å². The van der Waals surface area contributed by atoms with Crippen molar-refractivity contribution in [1.29, 1.82) is 0 Å². The van der Waals surface area contributed by atoms with Crippen molar-refractivity contribution in [2.45, 2.75) is 24.3 Å². The zero-order valence-electron chi connectivity index (χ0n) is 15.2. The van der Waals surface area contributed by atoms with Crippen molar-refractivity contribution in [2.75, 3.05) is 13.1 Å². The fraction of sp³-hybridized carbons (Fsp3) is 0.389. The number of likely N-dealkylation sites (tertiary alicyclic amines) is 1. The molecule has 0 radical (unpaired) electrons. The number of carbonyl (C=O) groups excluding carboxylic acids is 1. The molecule has 6 nitrogen and oxygen atoms in total. The monoisotopic (exact) mass is 431 g/mol. The molecule has 0 spiro atoms. The topological polar surface area (TPSA) is 77.0 Å². The van der Waals surface area contributed by atoms with Crippen molar-refractivity contribution in [3.05, 3.63) is 41.7 Å². The number of hydrogen-bond acceptors (Lipinski definition) is 4. The highest BCUT2D eigenvalue weighted by molar-refractivity contribution is 5.90. The molecule has 1 aliphatic heterocycles. The van der Waals surface area contributed by atoms with Crippen LogP contribution in [-0.2, 0) is 17.1 Å². The first-order chi connectivity index (χ1) is 13.8. The van der Waals surface area contributed by atoms with Gasteiger partial charge in [0, 0.05) is 36.5 Å². The van der Waals surface area contributed by atoms with Crippen LogP contribution < -0.4 is 5.73 Å². The van der Waals surface area contributed by atoms with Crippen LogP contribution in [0.3, 0.4) is 0 Å². The lowest BCUT2D eigenvalue weighted by Crippen LogP contribution is -2.36. The molecule has 2 N–H and O–H groups in total. The van der Waals surface area contributed by atoms with Gasteiger partial charge in [-0.3, -0.25) is 4.79 Å². The van der Waals surface area contributed by atoms with Gasteiger partial charge in [0.2, 0.25) is 5.91 Å². The minimum atomic E-state index is -4.97. The van der Waals surface area contributed by atoms with Gasteiger partial charge < -0.3 is 10.6 Å². The van der Waals surface area contributed by atoms with Gasteiger partial charge in [0.1, 0.15) is 6.33 Å². The third-order valence-electron chi connectivity index (χ3n) is 5.24. The van der Waals surface area contributed by atoms with E-state index in [1.165, 1.54) is 12.3 Å². The zero-order valence-corrected chi connectivity index (χ0v) is 15.2. The smallest absolute Gasteiger partial charge is 0.337 e. The van der Waals surface area contributed by atoms with Crippen molar-refractivity contribution in [1.82, 2.24) is 19.7 Å². The molecule has 0 bridgehead atoms. The van der Waals surface area contributed by atoms with E-state index in [1.54, 1.807) is 4.90 Å². The van der Waals surface area contributed by atoms with Crippen LogP contribution in [0.2, 0.25) is 0 Å². The lowest BCUT2D eigenvalue weighted by Gasteiger charge is -2.17. The van der Waals surface area contributed by atoms with Crippen LogP contribution in [0.4, 0.5) is 26.3 Å². The number of halogens is 6. The van der Waals surface area contributed by atoms with Gasteiger partial charge in [-0.05, 0) is 30.5 Å². The van der Waals surface area contributed by atoms with Gasteiger partial charge in [-0.25, -0.2) is 9.67 Å². The fourth-order valence-corrected chi connectivity index (χ4v) is 3.50. The van der Waals surface area contributed by atoms with E-state index in [4.69, 9.17) is 5.73 Å². The molecular weight excluding hydrogens is 416 g/mol.